The third-order valence-corrected chi connectivity index (χ3v) is 3.17. The van der Waals surface area contributed by atoms with Crippen molar-refractivity contribution < 1.29 is 4.74 Å². The lowest BCUT2D eigenvalue weighted by Crippen LogP contribution is -2.20. The molecule has 5 heteroatoms. The van der Waals surface area contributed by atoms with Crippen molar-refractivity contribution in [3.63, 3.8) is 0 Å². The Morgan fingerprint density at radius 2 is 2.20 bits per heavy atom. The average molecular weight is 274 g/mol. The van der Waals surface area contributed by atoms with Crippen LogP contribution in [-0.4, -0.2) is 21.4 Å². The van der Waals surface area contributed by atoms with E-state index in [1.165, 1.54) is 5.69 Å². The van der Waals surface area contributed by atoms with E-state index in [0.29, 0.717) is 12.5 Å². The van der Waals surface area contributed by atoms with Gasteiger partial charge in [-0.05, 0) is 25.0 Å². The third-order valence-electron chi connectivity index (χ3n) is 3.17. The molecule has 2 rings (SSSR count). The van der Waals surface area contributed by atoms with E-state index in [2.05, 4.69) is 29.2 Å². The predicted molar refractivity (Wildman–Crippen MR) is 78.5 cm³/mol. The Morgan fingerprint density at radius 3 is 2.80 bits per heavy atom. The van der Waals surface area contributed by atoms with E-state index < -0.39 is 0 Å². The van der Waals surface area contributed by atoms with Crippen molar-refractivity contribution in [3.8, 4) is 5.88 Å². The Kier molecular flexibility index (Phi) is 5.12. The summed E-state index contributed by atoms with van der Waals surface area (Å²) >= 11 is 0. The number of rotatable bonds is 7. The second-order valence-electron chi connectivity index (χ2n) is 4.84. The molecule has 20 heavy (non-hydrogen) atoms. The van der Waals surface area contributed by atoms with Crippen LogP contribution in [0.2, 0.25) is 0 Å². The molecule has 0 saturated carbocycles. The molecule has 0 spiro atoms. The summed E-state index contributed by atoms with van der Waals surface area (Å²) < 4.78 is 7.35. The van der Waals surface area contributed by atoms with E-state index in [1.54, 1.807) is 0 Å². The maximum Gasteiger partial charge on any atom is 0.213 e. The standard InChI is InChI=1S/C15H22N4O/c1-4-9-20-15-6-5-13(11-17-15)10-16-12(2)14-7-8-18-19(14)3/h5-8,11-12,16H,4,9-10H2,1-3H3/t12-/m0/s1. The van der Waals surface area contributed by atoms with Crippen LogP contribution in [0.5, 0.6) is 5.88 Å². The van der Waals surface area contributed by atoms with Gasteiger partial charge in [0.25, 0.3) is 0 Å². The second-order valence-corrected chi connectivity index (χ2v) is 4.84. The minimum atomic E-state index is 0.249. The van der Waals surface area contributed by atoms with Crippen LogP contribution in [0, 0.1) is 0 Å². The molecule has 0 fully saturated rings. The van der Waals surface area contributed by atoms with Crippen LogP contribution in [0.1, 0.15) is 37.6 Å². The molecule has 0 bridgehead atoms. The monoisotopic (exact) mass is 274 g/mol. The summed E-state index contributed by atoms with van der Waals surface area (Å²) in [5.41, 5.74) is 2.31. The number of pyridine rings is 1. The third kappa shape index (κ3) is 3.81. The van der Waals surface area contributed by atoms with Gasteiger partial charge in [0.1, 0.15) is 0 Å². The first-order valence-corrected chi connectivity index (χ1v) is 6.99. The van der Waals surface area contributed by atoms with Gasteiger partial charge in [-0.25, -0.2) is 4.98 Å². The van der Waals surface area contributed by atoms with Gasteiger partial charge in [0.2, 0.25) is 5.88 Å². The minimum Gasteiger partial charge on any atom is -0.478 e. The van der Waals surface area contributed by atoms with E-state index in [9.17, 15) is 0 Å². The molecule has 0 unspecified atom stereocenters. The number of nitrogens with one attached hydrogen (secondary N) is 1. The molecule has 0 aliphatic rings. The first kappa shape index (κ1) is 14.5. The molecule has 108 valence electrons. The first-order chi connectivity index (χ1) is 9.70. The van der Waals surface area contributed by atoms with Crippen LogP contribution >= 0.6 is 0 Å². The Bertz CT molecular complexity index is 521. The normalized spacial score (nSPS) is 12.3. The molecule has 0 aliphatic heterocycles. The molecule has 1 atom stereocenters. The van der Waals surface area contributed by atoms with E-state index in [4.69, 9.17) is 4.74 Å². The molecule has 0 radical (unpaired) electrons. The zero-order valence-corrected chi connectivity index (χ0v) is 12.3. The van der Waals surface area contributed by atoms with Gasteiger partial charge in [-0.15, -0.1) is 0 Å². The fourth-order valence-corrected chi connectivity index (χ4v) is 1.99. The van der Waals surface area contributed by atoms with Gasteiger partial charge in [-0.1, -0.05) is 13.0 Å². The van der Waals surface area contributed by atoms with Gasteiger partial charge in [-0.3, -0.25) is 4.68 Å². The summed E-state index contributed by atoms with van der Waals surface area (Å²) in [4.78, 5) is 4.29. The largest absolute Gasteiger partial charge is 0.478 e. The highest BCUT2D eigenvalue weighted by molar-refractivity contribution is 5.18. The van der Waals surface area contributed by atoms with Gasteiger partial charge < -0.3 is 10.1 Å². The van der Waals surface area contributed by atoms with Crippen LogP contribution in [0.4, 0.5) is 0 Å². The second kappa shape index (κ2) is 7.05. The Balaban J connectivity index is 1.86. The van der Waals surface area contributed by atoms with Crippen molar-refractivity contribution in [2.75, 3.05) is 6.61 Å². The SMILES string of the molecule is CCCOc1ccc(CN[C@@H](C)c2ccnn2C)cn1. The lowest BCUT2D eigenvalue weighted by molar-refractivity contribution is 0.305. The molecule has 2 heterocycles. The zero-order valence-electron chi connectivity index (χ0n) is 12.3. The van der Waals surface area contributed by atoms with Crippen LogP contribution in [0.15, 0.2) is 30.6 Å². The molecule has 0 saturated heterocycles. The van der Waals surface area contributed by atoms with Gasteiger partial charge in [0, 0.05) is 38.1 Å². The summed E-state index contributed by atoms with van der Waals surface area (Å²) in [6.45, 7) is 5.69. The minimum absolute atomic E-state index is 0.249. The fourth-order valence-electron chi connectivity index (χ4n) is 1.99. The van der Waals surface area contributed by atoms with Crippen LogP contribution in [0.3, 0.4) is 0 Å². The van der Waals surface area contributed by atoms with Crippen molar-refractivity contribution in [3.05, 3.63) is 41.9 Å². The zero-order chi connectivity index (χ0) is 14.4. The molecule has 2 aromatic rings. The van der Waals surface area contributed by atoms with Crippen LogP contribution in [0.25, 0.3) is 0 Å². The summed E-state index contributed by atoms with van der Waals surface area (Å²) in [5, 5.41) is 7.64. The summed E-state index contributed by atoms with van der Waals surface area (Å²) in [6.07, 6.45) is 4.66. The number of nitrogens with zero attached hydrogens (tertiary/aromatic N) is 3. The van der Waals surface area contributed by atoms with Crippen molar-refractivity contribution >= 4 is 0 Å². The number of aryl methyl sites for hydroxylation is 1. The molecule has 1 N–H and O–H groups in total. The Morgan fingerprint density at radius 1 is 1.35 bits per heavy atom. The lowest BCUT2D eigenvalue weighted by atomic mass is 10.2. The molecule has 0 aromatic carbocycles. The summed E-state index contributed by atoms with van der Waals surface area (Å²) in [5.74, 6) is 0.690. The molecular weight excluding hydrogens is 252 g/mol. The van der Waals surface area contributed by atoms with Gasteiger partial charge in [-0.2, -0.15) is 5.10 Å². The lowest BCUT2D eigenvalue weighted by Gasteiger charge is -2.14. The van der Waals surface area contributed by atoms with E-state index >= 15 is 0 Å². The van der Waals surface area contributed by atoms with Crippen molar-refractivity contribution in [1.82, 2.24) is 20.1 Å². The fraction of sp³-hybridized carbons (Fsp3) is 0.467. The molecule has 2 aromatic heterocycles. The van der Waals surface area contributed by atoms with Gasteiger partial charge in [0.05, 0.1) is 12.3 Å². The molecule has 0 amide bonds. The molecule has 5 nitrogen and oxygen atoms in total. The van der Waals surface area contributed by atoms with E-state index in [0.717, 1.165) is 18.5 Å². The van der Waals surface area contributed by atoms with Crippen molar-refractivity contribution in [1.29, 1.82) is 0 Å². The number of ether oxygens (including phenoxy) is 1. The Hall–Kier alpha value is -1.88. The highest BCUT2D eigenvalue weighted by Crippen LogP contribution is 2.12. The number of hydrogen-bond acceptors (Lipinski definition) is 4. The number of hydrogen-bond donors (Lipinski definition) is 1. The average Bonchev–Trinajstić information content (AvgIpc) is 2.90. The summed E-state index contributed by atoms with van der Waals surface area (Å²) in [6, 6.07) is 6.23. The maximum atomic E-state index is 5.47. The van der Waals surface area contributed by atoms with Crippen LogP contribution in [-0.2, 0) is 13.6 Å². The highest BCUT2D eigenvalue weighted by Gasteiger charge is 2.08. The Labute approximate surface area is 120 Å². The quantitative estimate of drug-likeness (QED) is 0.842. The van der Waals surface area contributed by atoms with E-state index in [-0.39, 0.29) is 6.04 Å². The number of aromatic nitrogens is 3. The van der Waals surface area contributed by atoms with Crippen molar-refractivity contribution in [2.24, 2.45) is 7.05 Å². The van der Waals surface area contributed by atoms with E-state index in [1.807, 2.05) is 42.3 Å². The first-order valence-electron chi connectivity index (χ1n) is 6.99. The maximum absolute atomic E-state index is 5.47. The van der Waals surface area contributed by atoms with Crippen LogP contribution < -0.4 is 10.1 Å². The van der Waals surface area contributed by atoms with Gasteiger partial charge in [0.15, 0.2) is 0 Å². The molecule has 0 aliphatic carbocycles. The smallest absolute Gasteiger partial charge is 0.213 e. The summed E-state index contributed by atoms with van der Waals surface area (Å²) in [7, 11) is 1.95. The highest BCUT2D eigenvalue weighted by atomic mass is 16.5. The topological polar surface area (TPSA) is 52.0 Å². The van der Waals surface area contributed by atoms with Gasteiger partial charge >= 0.3 is 0 Å². The van der Waals surface area contributed by atoms with Crippen molar-refractivity contribution in [2.45, 2.75) is 32.9 Å². The predicted octanol–water partition coefficient (Wildman–Crippen LogP) is 2.45. The molecular formula is C15H22N4O.